The van der Waals surface area contributed by atoms with E-state index in [9.17, 15) is 14.0 Å². The van der Waals surface area contributed by atoms with Gasteiger partial charge >= 0.3 is 6.03 Å². The SMILES string of the molecule is O=C(NCCNC(=O)N1C[C@@H]2CC=CC[C@H]2C1)c1ccccc1F. The summed E-state index contributed by atoms with van der Waals surface area (Å²) in [4.78, 5) is 25.9. The molecule has 1 aliphatic heterocycles. The van der Waals surface area contributed by atoms with Crippen molar-refractivity contribution in [2.24, 2.45) is 11.8 Å². The quantitative estimate of drug-likeness (QED) is 0.656. The number of allylic oxidation sites excluding steroid dienone is 2. The van der Waals surface area contributed by atoms with E-state index < -0.39 is 11.7 Å². The first kappa shape index (κ1) is 16.5. The van der Waals surface area contributed by atoms with Gasteiger partial charge in [-0.15, -0.1) is 0 Å². The largest absolute Gasteiger partial charge is 0.350 e. The van der Waals surface area contributed by atoms with Crippen LogP contribution in [0.3, 0.4) is 0 Å². The number of amides is 3. The van der Waals surface area contributed by atoms with Crippen molar-refractivity contribution in [3.8, 4) is 0 Å². The van der Waals surface area contributed by atoms with E-state index in [1.807, 2.05) is 4.90 Å². The van der Waals surface area contributed by atoms with Crippen LogP contribution in [0.15, 0.2) is 36.4 Å². The number of urea groups is 1. The fourth-order valence-electron chi connectivity index (χ4n) is 3.38. The maximum absolute atomic E-state index is 13.5. The van der Waals surface area contributed by atoms with Crippen molar-refractivity contribution in [2.45, 2.75) is 12.8 Å². The fraction of sp³-hybridized carbons (Fsp3) is 0.444. The molecule has 2 atom stereocenters. The van der Waals surface area contributed by atoms with Crippen LogP contribution in [0.5, 0.6) is 0 Å². The molecule has 6 heteroatoms. The zero-order chi connectivity index (χ0) is 16.9. The van der Waals surface area contributed by atoms with Crippen LogP contribution in [0, 0.1) is 17.7 Å². The molecule has 1 aromatic rings. The van der Waals surface area contributed by atoms with Crippen LogP contribution in [0.1, 0.15) is 23.2 Å². The molecule has 0 aromatic heterocycles. The Hall–Kier alpha value is -2.37. The van der Waals surface area contributed by atoms with Crippen molar-refractivity contribution in [2.75, 3.05) is 26.2 Å². The molecular weight excluding hydrogens is 309 g/mol. The van der Waals surface area contributed by atoms with Gasteiger partial charge in [0.05, 0.1) is 5.56 Å². The summed E-state index contributed by atoms with van der Waals surface area (Å²) >= 11 is 0. The summed E-state index contributed by atoms with van der Waals surface area (Å²) in [5.41, 5.74) is 0.0138. The summed E-state index contributed by atoms with van der Waals surface area (Å²) in [6, 6.07) is 5.74. The van der Waals surface area contributed by atoms with E-state index in [-0.39, 0.29) is 18.1 Å². The maximum Gasteiger partial charge on any atom is 0.317 e. The lowest BCUT2D eigenvalue weighted by atomic mass is 9.86. The minimum Gasteiger partial charge on any atom is -0.350 e. The highest BCUT2D eigenvalue weighted by atomic mass is 19.1. The molecule has 5 nitrogen and oxygen atoms in total. The Balaban J connectivity index is 1.38. The number of hydrogen-bond donors (Lipinski definition) is 2. The molecule has 0 spiro atoms. The maximum atomic E-state index is 13.5. The Morgan fingerprint density at radius 1 is 1.04 bits per heavy atom. The molecule has 24 heavy (non-hydrogen) atoms. The molecule has 3 amide bonds. The first-order valence-corrected chi connectivity index (χ1v) is 8.35. The first-order valence-electron chi connectivity index (χ1n) is 8.35. The molecule has 1 aromatic carbocycles. The highest BCUT2D eigenvalue weighted by Gasteiger charge is 2.34. The van der Waals surface area contributed by atoms with Crippen molar-refractivity contribution >= 4 is 11.9 Å². The molecule has 0 radical (unpaired) electrons. The number of halogens is 1. The van der Waals surface area contributed by atoms with Crippen molar-refractivity contribution < 1.29 is 14.0 Å². The lowest BCUT2D eigenvalue weighted by Gasteiger charge is -2.17. The van der Waals surface area contributed by atoms with Crippen LogP contribution >= 0.6 is 0 Å². The van der Waals surface area contributed by atoms with Gasteiger partial charge in [0.15, 0.2) is 0 Å². The molecule has 2 N–H and O–H groups in total. The van der Waals surface area contributed by atoms with Gasteiger partial charge in [-0.3, -0.25) is 4.79 Å². The molecule has 0 bridgehead atoms. The van der Waals surface area contributed by atoms with Gasteiger partial charge in [-0.05, 0) is 36.8 Å². The van der Waals surface area contributed by atoms with Gasteiger partial charge in [0, 0.05) is 26.2 Å². The topological polar surface area (TPSA) is 61.4 Å². The summed E-state index contributed by atoms with van der Waals surface area (Å²) in [5, 5.41) is 5.43. The predicted molar refractivity (Wildman–Crippen MR) is 89.1 cm³/mol. The van der Waals surface area contributed by atoms with Gasteiger partial charge in [-0.25, -0.2) is 9.18 Å². The number of rotatable bonds is 4. The average molecular weight is 331 g/mol. The van der Waals surface area contributed by atoms with Crippen molar-refractivity contribution in [3.05, 3.63) is 47.8 Å². The van der Waals surface area contributed by atoms with E-state index in [0.717, 1.165) is 25.9 Å². The number of likely N-dealkylation sites (tertiary alicyclic amines) is 1. The zero-order valence-electron chi connectivity index (χ0n) is 13.5. The van der Waals surface area contributed by atoms with E-state index in [0.29, 0.717) is 18.4 Å². The van der Waals surface area contributed by atoms with Crippen LogP contribution in [0.4, 0.5) is 9.18 Å². The second-order valence-corrected chi connectivity index (χ2v) is 6.34. The third-order valence-electron chi connectivity index (χ3n) is 4.71. The Kier molecular flexibility index (Phi) is 5.13. The zero-order valence-corrected chi connectivity index (χ0v) is 13.5. The summed E-state index contributed by atoms with van der Waals surface area (Å²) in [7, 11) is 0. The first-order chi connectivity index (χ1) is 11.6. The second kappa shape index (κ2) is 7.47. The number of nitrogens with one attached hydrogen (secondary N) is 2. The molecular formula is C18H22FN3O2. The van der Waals surface area contributed by atoms with E-state index >= 15 is 0 Å². The standard InChI is InChI=1S/C18H22FN3O2/c19-16-8-4-3-7-15(16)17(23)20-9-10-21-18(24)22-11-13-5-1-2-6-14(13)12-22/h1-4,7-8,13-14H,5-6,9-12H2,(H,20,23)(H,21,24)/t13-,14-/m0/s1. The summed E-state index contributed by atoms with van der Waals surface area (Å²) in [6.07, 6.45) is 6.49. The Bertz CT molecular complexity index is 631. The number of carbonyl (C=O) groups is 2. The van der Waals surface area contributed by atoms with Gasteiger partial charge in [0.2, 0.25) is 0 Å². The van der Waals surface area contributed by atoms with Crippen molar-refractivity contribution in [3.63, 3.8) is 0 Å². The molecule has 1 saturated heterocycles. The van der Waals surface area contributed by atoms with Gasteiger partial charge in [0.25, 0.3) is 5.91 Å². The van der Waals surface area contributed by atoms with E-state index in [4.69, 9.17) is 0 Å². The fourth-order valence-corrected chi connectivity index (χ4v) is 3.38. The van der Waals surface area contributed by atoms with Crippen molar-refractivity contribution in [1.82, 2.24) is 15.5 Å². The normalized spacial score (nSPS) is 22.1. The molecule has 128 valence electrons. The third kappa shape index (κ3) is 3.75. The molecule has 3 rings (SSSR count). The summed E-state index contributed by atoms with van der Waals surface area (Å²) < 4.78 is 13.5. The van der Waals surface area contributed by atoms with E-state index in [1.54, 1.807) is 6.07 Å². The summed E-state index contributed by atoms with van der Waals surface area (Å²) in [5.74, 6) is 0.121. The highest BCUT2D eigenvalue weighted by Crippen LogP contribution is 2.32. The lowest BCUT2D eigenvalue weighted by Crippen LogP contribution is -2.42. The van der Waals surface area contributed by atoms with Crippen LogP contribution in [-0.2, 0) is 0 Å². The Labute approximate surface area is 140 Å². The minimum absolute atomic E-state index is 0.0138. The molecule has 1 fully saturated rings. The monoisotopic (exact) mass is 331 g/mol. The number of hydrogen-bond acceptors (Lipinski definition) is 2. The number of fused-ring (bicyclic) bond motifs is 1. The summed E-state index contributed by atoms with van der Waals surface area (Å²) in [6.45, 7) is 2.18. The van der Waals surface area contributed by atoms with Crippen LogP contribution in [-0.4, -0.2) is 43.0 Å². The number of benzene rings is 1. The van der Waals surface area contributed by atoms with Gasteiger partial charge < -0.3 is 15.5 Å². The Morgan fingerprint density at radius 3 is 2.33 bits per heavy atom. The van der Waals surface area contributed by atoms with Gasteiger partial charge in [-0.2, -0.15) is 0 Å². The molecule has 0 saturated carbocycles. The van der Waals surface area contributed by atoms with Gasteiger partial charge in [0.1, 0.15) is 5.82 Å². The number of nitrogens with zero attached hydrogens (tertiary/aromatic N) is 1. The third-order valence-corrected chi connectivity index (χ3v) is 4.71. The molecule has 0 unspecified atom stereocenters. The molecule has 2 aliphatic rings. The van der Waals surface area contributed by atoms with E-state index in [1.165, 1.54) is 18.2 Å². The van der Waals surface area contributed by atoms with E-state index in [2.05, 4.69) is 22.8 Å². The average Bonchev–Trinajstić information content (AvgIpc) is 3.03. The molecule has 1 aliphatic carbocycles. The minimum atomic E-state index is -0.549. The van der Waals surface area contributed by atoms with Crippen molar-refractivity contribution in [1.29, 1.82) is 0 Å². The molecule has 1 heterocycles. The second-order valence-electron chi connectivity index (χ2n) is 6.34. The van der Waals surface area contributed by atoms with Crippen LogP contribution < -0.4 is 10.6 Å². The lowest BCUT2D eigenvalue weighted by molar-refractivity contribution is 0.0949. The Morgan fingerprint density at radius 2 is 1.67 bits per heavy atom. The smallest absolute Gasteiger partial charge is 0.317 e. The van der Waals surface area contributed by atoms with Gasteiger partial charge in [-0.1, -0.05) is 24.3 Å². The van der Waals surface area contributed by atoms with Crippen LogP contribution in [0.2, 0.25) is 0 Å². The number of carbonyl (C=O) groups excluding carboxylic acids is 2. The predicted octanol–water partition coefficient (Wildman–Crippen LogP) is 2.16. The highest BCUT2D eigenvalue weighted by molar-refractivity contribution is 5.94. The van der Waals surface area contributed by atoms with Crippen LogP contribution in [0.25, 0.3) is 0 Å².